The number of aromatic nitrogens is 1. The molecule has 0 N–H and O–H groups in total. The molecule has 0 aliphatic carbocycles. The number of hydrogen-bond acceptors (Lipinski definition) is 2. The van der Waals surface area contributed by atoms with Crippen LogP contribution in [-0.2, 0) is 0 Å². The molecule has 0 bridgehead atoms. The van der Waals surface area contributed by atoms with Gasteiger partial charge in [0.05, 0.1) is 8.95 Å². The van der Waals surface area contributed by atoms with E-state index in [4.69, 9.17) is 0 Å². The number of nitrogens with zero attached hydrogens (tertiary/aromatic N) is 1. The molecular formula is C6HBr3F3NO. The summed E-state index contributed by atoms with van der Waals surface area (Å²) in [4.78, 5) is 3.74. The van der Waals surface area contributed by atoms with Crippen molar-refractivity contribution in [1.29, 1.82) is 0 Å². The second-order valence-corrected chi connectivity index (χ2v) is 4.49. The van der Waals surface area contributed by atoms with Crippen LogP contribution in [0.4, 0.5) is 13.2 Å². The molecule has 0 aliphatic rings. The second-order valence-electron chi connectivity index (χ2n) is 2.09. The topological polar surface area (TPSA) is 22.1 Å². The third-order valence-corrected chi connectivity index (χ3v) is 3.54. The Morgan fingerprint density at radius 2 is 1.79 bits per heavy atom. The Morgan fingerprint density at radius 3 is 2.29 bits per heavy atom. The van der Waals surface area contributed by atoms with Crippen molar-refractivity contribution in [3.63, 3.8) is 0 Å². The van der Waals surface area contributed by atoms with Crippen LogP contribution in [0.15, 0.2) is 19.7 Å². The van der Waals surface area contributed by atoms with Crippen LogP contribution < -0.4 is 4.74 Å². The van der Waals surface area contributed by atoms with E-state index in [-0.39, 0.29) is 19.3 Å². The molecule has 0 radical (unpaired) electrons. The van der Waals surface area contributed by atoms with Gasteiger partial charge in [-0.2, -0.15) is 0 Å². The van der Waals surface area contributed by atoms with Crippen molar-refractivity contribution < 1.29 is 17.9 Å². The Morgan fingerprint density at radius 1 is 1.21 bits per heavy atom. The van der Waals surface area contributed by atoms with Crippen molar-refractivity contribution in [3.8, 4) is 5.75 Å². The molecule has 1 aromatic rings. The van der Waals surface area contributed by atoms with E-state index in [0.29, 0.717) is 0 Å². The lowest BCUT2D eigenvalue weighted by Crippen LogP contribution is -2.18. The smallest absolute Gasteiger partial charge is 0.403 e. The highest BCUT2D eigenvalue weighted by Gasteiger charge is 2.33. The van der Waals surface area contributed by atoms with Crippen LogP contribution in [0.5, 0.6) is 5.75 Å². The van der Waals surface area contributed by atoms with Crippen LogP contribution in [0.3, 0.4) is 0 Å². The SMILES string of the molecule is FC(F)(F)Oc1c(Br)cnc(Br)c1Br. The molecule has 0 saturated heterocycles. The molecule has 2 nitrogen and oxygen atoms in total. The number of ether oxygens (including phenoxy) is 1. The highest BCUT2D eigenvalue weighted by atomic mass is 79.9. The predicted octanol–water partition coefficient (Wildman–Crippen LogP) is 4.27. The fourth-order valence-electron chi connectivity index (χ4n) is 0.636. The van der Waals surface area contributed by atoms with Crippen molar-refractivity contribution in [2.45, 2.75) is 6.36 Å². The average molecular weight is 400 g/mol. The van der Waals surface area contributed by atoms with E-state index < -0.39 is 6.36 Å². The molecule has 8 heteroatoms. The van der Waals surface area contributed by atoms with Gasteiger partial charge in [-0.25, -0.2) is 4.98 Å². The zero-order valence-corrected chi connectivity index (χ0v) is 11.0. The molecule has 0 amide bonds. The quantitative estimate of drug-likeness (QED) is 0.658. The molecule has 1 heterocycles. The number of rotatable bonds is 1. The Bertz CT molecular complexity index is 355. The van der Waals surface area contributed by atoms with Gasteiger partial charge in [0, 0.05) is 6.20 Å². The Hall–Kier alpha value is 0.180. The summed E-state index contributed by atoms with van der Waals surface area (Å²) in [6, 6.07) is 0. The maximum absolute atomic E-state index is 11.9. The second kappa shape index (κ2) is 4.36. The van der Waals surface area contributed by atoms with Gasteiger partial charge in [0.2, 0.25) is 0 Å². The van der Waals surface area contributed by atoms with E-state index >= 15 is 0 Å². The first-order valence-corrected chi connectivity index (χ1v) is 5.44. The minimum Gasteiger partial charge on any atom is -0.403 e. The van der Waals surface area contributed by atoms with Gasteiger partial charge in [0.25, 0.3) is 0 Å². The van der Waals surface area contributed by atoms with Crippen LogP contribution in [0.1, 0.15) is 0 Å². The van der Waals surface area contributed by atoms with Gasteiger partial charge >= 0.3 is 6.36 Å². The summed E-state index contributed by atoms with van der Waals surface area (Å²) in [5.41, 5.74) is 0. The van der Waals surface area contributed by atoms with Gasteiger partial charge in [-0.05, 0) is 47.8 Å². The zero-order chi connectivity index (χ0) is 10.9. The molecule has 14 heavy (non-hydrogen) atoms. The summed E-state index contributed by atoms with van der Waals surface area (Å²) in [5.74, 6) is -0.362. The standard InChI is InChI=1S/C6HBr3F3NO/c7-2-1-13-5(9)3(8)4(2)14-6(10,11)12/h1H. The molecule has 0 aromatic carbocycles. The number of halogens is 6. The molecule has 0 atom stereocenters. The first-order valence-electron chi connectivity index (χ1n) is 3.06. The number of alkyl halides is 3. The van der Waals surface area contributed by atoms with Gasteiger partial charge < -0.3 is 4.74 Å². The Labute approximate surface area is 102 Å². The molecule has 78 valence electrons. The Kier molecular flexibility index (Phi) is 3.81. The summed E-state index contributed by atoms with van der Waals surface area (Å²) in [6.45, 7) is 0. The van der Waals surface area contributed by atoms with Crippen molar-refractivity contribution in [1.82, 2.24) is 4.98 Å². The van der Waals surface area contributed by atoms with Gasteiger partial charge in [0.15, 0.2) is 5.75 Å². The number of pyridine rings is 1. The first-order chi connectivity index (χ1) is 6.31. The molecule has 0 fully saturated rings. The maximum atomic E-state index is 11.9. The van der Waals surface area contributed by atoms with Crippen LogP contribution >= 0.6 is 47.8 Å². The Balaban J connectivity index is 3.13. The van der Waals surface area contributed by atoms with Gasteiger partial charge in [-0.1, -0.05) is 0 Å². The third kappa shape index (κ3) is 3.09. The molecule has 0 saturated carbocycles. The highest BCUT2D eigenvalue weighted by Crippen LogP contribution is 2.39. The van der Waals surface area contributed by atoms with Gasteiger partial charge in [-0.3, -0.25) is 0 Å². The summed E-state index contributed by atoms with van der Waals surface area (Å²) in [7, 11) is 0. The van der Waals surface area contributed by atoms with E-state index in [9.17, 15) is 13.2 Å². The first kappa shape index (κ1) is 12.3. The van der Waals surface area contributed by atoms with E-state index in [1.165, 1.54) is 6.20 Å². The molecule has 0 unspecified atom stereocenters. The lowest BCUT2D eigenvalue weighted by Gasteiger charge is -2.12. The van der Waals surface area contributed by atoms with Gasteiger partial charge in [-0.15, -0.1) is 13.2 Å². The minimum absolute atomic E-state index is 0.101. The summed E-state index contributed by atoms with van der Waals surface area (Å²) < 4.78 is 40.0. The molecule has 0 aliphatic heterocycles. The summed E-state index contributed by atoms with van der Waals surface area (Å²) in [5, 5.41) is 0. The minimum atomic E-state index is -4.73. The maximum Gasteiger partial charge on any atom is 0.573 e. The van der Waals surface area contributed by atoms with Crippen molar-refractivity contribution in [2.24, 2.45) is 0 Å². The van der Waals surface area contributed by atoms with Crippen LogP contribution in [0, 0.1) is 0 Å². The third-order valence-electron chi connectivity index (χ3n) is 1.11. The monoisotopic (exact) mass is 397 g/mol. The highest BCUT2D eigenvalue weighted by molar-refractivity contribution is 9.13. The fourth-order valence-corrected chi connectivity index (χ4v) is 1.96. The van der Waals surface area contributed by atoms with Crippen molar-refractivity contribution in [3.05, 3.63) is 19.7 Å². The normalized spacial score (nSPS) is 11.6. The van der Waals surface area contributed by atoms with Crippen molar-refractivity contribution in [2.75, 3.05) is 0 Å². The lowest BCUT2D eigenvalue weighted by atomic mass is 10.4. The largest absolute Gasteiger partial charge is 0.573 e. The van der Waals surface area contributed by atoms with E-state index in [1.807, 2.05) is 0 Å². The number of hydrogen-bond donors (Lipinski definition) is 0. The van der Waals surface area contributed by atoms with E-state index in [1.54, 1.807) is 0 Å². The molecule has 1 aromatic heterocycles. The van der Waals surface area contributed by atoms with Crippen LogP contribution in [0.2, 0.25) is 0 Å². The average Bonchev–Trinajstić information content (AvgIpc) is 2.04. The van der Waals surface area contributed by atoms with E-state index in [2.05, 4.69) is 57.5 Å². The predicted molar refractivity (Wildman–Crippen MR) is 54.0 cm³/mol. The molecule has 1 rings (SSSR count). The van der Waals surface area contributed by atoms with E-state index in [0.717, 1.165) is 0 Å². The van der Waals surface area contributed by atoms with Crippen LogP contribution in [-0.4, -0.2) is 11.3 Å². The van der Waals surface area contributed by atoms with Gasteiger partial charge in [0.1, 0.15) is 4.60 Å². The summed E-state index contributed by atoms with van der Waals surface area (Å²) in [6.07, 6.45) is -3.53. The summed E-state index contributed by atoms with van der Waals surface area (Å²) >= 11 is 8.78. The molecular weight excluding hydrogens is 399 g/mol. The molecule has 0 spiro atoms. The lowest BCUT2D eigenvalue weighted by molar-refractivity contribution is -0.275. The van der Waals surface area contributed by atoms with Crippen molar-refractivity contribution >= 4 is 47.8 Å². The van der Waals surface area contributed by atoms with Crippen LogP contribution in [0.25, 0.3) is 0 Å². The fraction of sp³-hybridized carbons (Fsp3) is 0.167. The zero-order valence-electron chi connectivity index (χ0n) is 6.20.